The van der Waals surface area contributed by atoms with Crippen LogP contribution in [0.4, 0.5) is 10.1 Å². The predicted octanol–water partition coefficient (Wildman–Crippen LogP) is 4.05. The Bertz CT molecular complexity index is 929. The number of rotatable bonds is 5. The number of fused-ring (bicyclic) bond motifs is 1. The van der Waals surface area contributed by atoms with E-state index in [1.165, 1.54) is 17.0 Å². The fourth-order valence-electron chi connectivity index (χ4n) is 3.24. The Morgan fingerprint density at radius 3 is 2.75 bits per heavy atom. The molecule has 5 nitrogen and oxygen atoms in total. The third kappa shape index (κ3) is 3.80. The summed E-state index contributed by atoms with van der Waals surface area (Å²) in [5.41, 5.74) is 0.734. The average Bonchev–Trinajstić information content (AvgIpc) is 3.49. The molecule has 0 spiro atoms. The number of ether oxygens (including phenoxy) is 1. The Morgan fingerprint density at radius 2 is 2.04 bits per heavy atom. The molecule has 1 aliphatic carbocycles. The first-order chi connectivity index (χ1) is 13.4. The SMILES string of the molecule is O=C1COc2ccc(Cl)cc2N1CC(=O)N(Cc1c(F)cccc1Cl)C1CC1. The first-order valence-corrected chi connectivity index (χ1v) is 9.64. The van der Waals surface area contributed by atoms with Gasteiger partial charge in [0.15, 0.2) is 6.61 Å². The minimum Gasteiger partial charge on any atom is -0.482 e. The van der Waals surface area contributed by atoms with Gasteiger partial charge in [-0.1, -0.05) is 29.3 Å². The Hall–Kier alpha value is -2.31. The Morgan fingerprint density at radius 1 is 1.25 bits per heavy atom. The quantitative estimate of drug-likeness (QED) is 0.729. The zero-order valence-corrected chi connectivity index (χ0v) is 16.3. The van der Waals surface area contributed by atoms with Gasteiger partial charge in [-0.15, -0.1) is 0 Å². The molecule has 28 heavy (non-hydrogen) atoms. The van der Waals surface area contributed by atoms with E-state index in [9.17, 15) is 14.0 Å². The molecular weight excluding hydrogens is 406 g/mol. The molecule has 146 valence electrons. The van der Waals surface area contributed by atoms with Crippen LogP contribution < -0.4 is 9.64 Å². The Kier molecular flexibility index (Phi) is 5.17. The summed E-state index contributed by atoms with van der Waals surface area (Å²) in [7, 11) is 0. The third-order valence-corrected chi connectivity index (χ3v) is 5.44. The molecule has 8 heteroatoms. The van der Waals surface area contributed by atoms with Crippen LogP contribution in [0.25, 0.3) is 0 Å². The van der Waals surface area contributed by atoms with E-state index < -0.39 is 5.82 Å². The molecule has 0 unspecified atom stereocenters. The van der Waals surface area contributed by atoms with Crippen molar-refractivity contribution in [2.24, 2.45) is 0 Å². The Labute approximate surface area is 171 Å². The van der Waals surface area contributed by atoms with Crippen molar-refractivity contribution in [3.05, 3.63) is 57.8 Å². The lowest BCUT2D eigenvalue weighted by molar-refractivity contribution is -0.133. The molecule has 0 N–H and O–H groups in total. The van der Waals surface area contributed by atoms with E-state index in [1.54, 1.807) is 29.2 Å². The number of carbonyl (C=O) groups excluding carboxylic acids is 2. The zero-order chi connectivity index (χ0) is 19.8. The third-order valence-electron chi connectivity index (χ3n) is 4.86. The molecule has 0 radical (unpaired) electrons. The monoisotopic (exact) mass is 422 g/mol. The summed E-state index contributed by atoms with van der Waals surface area (Å²) >= 11 is 12.2. The van der Waals surface area contributed by atoms with Gasteiger partial charge in [-0.3, -0.25) is 14.5 Å². The maximum absolute atomic E-state index is 14.2. The van der Waals surface area contributed by atoms with Crippen LogP contribution in [-0.2, 0) is 16.1 Å². The van der Waals surface area contributed by atoms with Crippen molar-refractivity contribution < 1.29 is 18.7 Å². The van der Waals surface area contributed by atoms with E-state index in [-0.39, 0.29) is 48.1 Å². The number of benzene rings is 2. The summed E-state index contributed by atoms with van der Waals surface area (Å²) in [6.07, 6.45) is 1.69. The van der Waals surface area contributed by atoms with E-state index in [2.05, 4.69) is 0 Å². The van der Waals surface area contributed by atoms with Gasteiger partial charge in [0.05, 0.1) is 12.2 Å². The molecular formula is C20H17Cl2FN2O3. The highest BCUT2D eigenvalue weighted by atomic mass is 35.5. The van der Waals surface area contributed by atoms with Gasteiger partial charge < -0.3 is 9.64 Å². The van der Waals surface area contributed by atoms with Crippen LogP contribution in [0.3, 0.4) is 0 Å². The van der Waals surface area contributed by atoms with Gasteiger partial charge in [0.25, 0.3) is 5.91 Å². The van der Waals surface area contributed by atoms with Gasteiger partial charge in [0, 0.05) is 21.7 Å². The second-order valence-electron chi connectivity index (χ2n) is 6.83. The van der Waals surface area contributed by atoms with Gasteiger partial charge in [-0.25, -0.2) is 4.39 Å². The maximum Gasteiger partial charge on any atom is 0.265 e. The predicted molar refractivity (Wildman–Crippen MR) is 104 cm³/mol. The largest absolute Gasteiger partial charge is 0.482 e. The first-order valence-electron chi connectivity index (χ1n) is 8.89. The first kappa shape index (κ1) is 19.0. The van der Waals surface area contributed by atoms with Gasteiger partial charge >= 0.3 is 0 Å². The van der Waals surface area contributed by atoms with Gasteiger partial charge in [-0.2, -0.15) is 0 Å². The number of amides is 2. The Balaban J connectivity index is 1.58. The van der Waals surface area contributed by atoms with Crippen LogP contribution >= 0.6 is 23.2 Å². The molecule has 1 aliphatic heterocycles. The maximum atomic E-state index is 14.2. The van der Waals surface area contributed by atoms with Gasteiger partial charge in [0.2, 0.25) is 5.91 Å². The molecule has 4 rings (SSSR count). The van der Waals surface area contributed by atoms with Gasteiger partial charge in [0.1, 0.15) is 18.1 Å². The lowest BCUT2D eigenvalue weighted by Crippen LogP contribution is -2.47. The van der Waals surface area contributed by atoms with E-state index in [0.29, 0.717) is 16.5 Å². The van der Waals surface area contributed by atoms with Crippen molar-refractivity contribution in [2.75, 3.05) is 18.1 Å². The molecule has 0 bridgehead atoms. The number of nitrogens with zero attached hydrogens (tertiary/aromatic N) is 2. The number of halogens is 3. The molecule has 0 atom stereocenters. The van der Waals surface area contributed by atoms with E-state index in [4.69, 9.17) is 27.9 Å². The molecule has 0 saturated heterocycles. The van der Waals surface area contributed by atoms with Crippen LogP contribution in [0.2, 0.25) is 10.0 Å². The normalized spacial score (nSPS) is 15.8. The molecule has 2 amide bonds. The molecule has 1 heterocycles. The van der Waals surface area contributed by atoms with Gasteiger partial charge in [-0.05, 0) is 43.2 Å². The van der Waals surface area contributed by atoms with Crippen LogP contribution in [-0.4, -0.2) is 35.9 Å². The summed E-state index contributed by atoms with van der Waals surface area (Å²) < 4.78 is 19.6. The highest BCUT2D eigenvalue weighted by Crippen LogP contribution is 2.35. The van der Waals surface area contributed by atoms with E-state index in [0.717, 1.165) is 12.8 Å². The summed E-state index contributed by atoms with van der Waals surface area (Å²) in [5, 5.41) is 0.713. The van der Waals surface area contributed by atoms with E-state index >= 15 is 0 Å². The summed E-state index contributed by atoms with van der Waals surface area (Å²) in [6, 6.07) is 9.39. The van der Waals surface area contributed by atoms with Crippen LogP contribution in [0.1, 0.15) is 18.4 Å². The minimum atomic E-state index is -0.453. The van der Waals surface area contributed by atoms with Crippen molar-refractivity contribution in [3.63, 3.8) is 0 Å². The standard InChI is InChI=1S/C20H17Cl2FN2O3/c21-12-4-7-18-17(8-12)25(20(27)11-28-18)10-19(26)24(13-5-6-13)9-14-15(22)2-1-3-16(14)23/h1-4,7-8,13H,5-6,9-11H2. The molecule has 0 aromatic heterocycles. The van der Waals surface area contributed by atoms with Crippen LogP contribution in [0.15, 0.2) is 36.4 Å². The molecule has 2 aromatic rings. The number of carbonyl (C=O) groups is 2. The molecule has 2 aromatic carbocycles. The van der Waals surface area contributed by atoms with Crippen molar-refractivity contribution in [1.29, 1.82) is 0 Å². The number of anilines is 1. The fraction of sp³-hybridized carbons (Fsp3) is 0.300. The lowest BCUT2D eigenvalue weighted by Gasteiger charge is -2.31. The topological polar surface area (TPSA) is 49.9 Å². The molecule has 1 fully saturated rings. The summed E-state index contributed by atoms with van der Waals surface area (Å²) in [4.78, 5) is 28.4. The van der Waals surface area contributed by atoms with Crippen molar-refractivity contribution in [1.82, 2.24) is 4.90 Å². The minimum absolute atomic E-state index is 0.0261. The number of hydrogen-bond donors (Lipinski definition) is 0. The smallest absolute Gasteiger partial charge is 0.265 e. The van der Waals surface area contributed by atoms with Crippen molar-refractivity contribution in [3.8, 4) is 5.75 Å². The second-order valence-corrected chi connectivity index (χ2v) is 7.68. The molecule has 2 aliphatic rings. The average molecular weight is 423 g/mol. The second kappa shape index (κ2) is 7.60. The summed E-state index contributed by atoms with van der Waals surface area (Å²) in [6.45, 7) is -0.251. The van der Waals surface area contributed by atoms with Crippen LogP contribution in [0, 0.1) is 5.82 Å². The highest BCUT2D eigenvalue weighted by molar-refractivity contribution is 6.31. The highest BCUT2D eigenvalue weighted by Gasteiger charge is 2.36. The molecule has 1 saturated carbocycles. The number of hydrogen-bond acceptors (Lipinski definition) is 3. The fourth-order valence-corrected chi connectivity index (χ4v) is 3.62. The van der Waals surface area contributed by atoms with Crippen molar-refractivity contribution in [2.45, 2.75) is 25.4 Å². The van der Waals surface area contributed by atoms with Crippen molar-refractivity contribution >= 4 is 40.7 Å². The zero-order valence-electron chi connectivity index (χ0n) is 14.8. The van der Waals surface area contributed by atoms with Crippen LogP contribution in [0.5, 0.6) is 5.75 Å². The lowest BCUT2D eigenvalue weighted by atomic mass is 10.2. The summed E-state index contributed by atoms with van der Waals surface area (Å²) in [5.74, 6) is -0.566. The van der Waals surface area contributed by atoms with E-state index in [1.807, 2.05) is 0 Å².